The molecule has 2 rings (SSSR count). The van der Waals surface area contributed by atoms with Crippen molar-refractivity contribution in [1.82, 2.24) is 9.80 Å². The number of piperidine rings is 1. The smallest absolute Gasteiger partial charge is 0.0351 e. The van der Waals surface area contributed by atoms with Crippen molar-refractivity contribution in [1.29, 1.82) is 0 Å². The highest BCUT2D eigenvalue weighted by Crippen LogP contribution is 2.24. The quantitative estimate of drug-likeness (QED) is 0.687. The largest absolute Gasteiger partial charge is 0.303 e. The summed E-state index contributed by atoms with van der Waals surface area (Å²) in [6.07, 6.45) is 12.6. The second-order valence-electron chi connectivity index (χ2n) is 6.44. The molecule has 2 nitrogen and oxygen atoms in total. The third-order valence-electron chi connectivity index (χ3n) is 5.13. The standard InChI is InChI=1S/C16H31ClN2/c1-18-12-6-5-7-15(18)10-13-19(14-11-17)16-8-3-2-4-9-16/h15-16H,2-14H2,1H3. The summed E-state index contributed by atoms with van der Waals surface area (Å²) in [6.45, 7) is 3.64. The Balaban J connectivity index is 1.78. The summed E-state index contributed by atoms with van der Waals surface area (Å²) in [4.78, 5) is 5.26. The summed E-state index contributed by atoms with van der Waals surface area (Å²) in [5.41, 5.74) is 0. The monoisotopic (exact) mass is 286 g/mol. The Kier molecular flexibility index (Phi) is 6.97. The van der Waals surface area contributed by atoms with Crippen LogP contribution in [0.25, 0.3) is 0 Å². The van der Waals surface area contributed by atoms with Gasteiger partial charge in [0, 0.05) is 24.5 Å². The molecule has 0 amide bonds. The predicted octanol–water partition coefficient (Wildman–Crippen LogP) is 3.73. The maximum atomic E-state index is 6.01. The molecule has 1 saturated heterocycles. The number of alkyl halides is 1. The lowest BCUT2D eigenvalue weighted by atomic mass is 9.93. The summed E-state index contributed by atoms with van der Waals surface area (Å²) < 4.78 is 0. The maximum absolute atomic E-state index is 6.01. The van der Waals surface area contributed by atoms with Gasteiger partial charge in [-0.1, -0.05) is 25.7 Å². The molecule has 0 aromatic heterocycles. The lowest BCUT2D eigenvalue weighted by molar-refractivity contribution is 0.122. The Labute approximate surface area is 124 Å². The zero-order valence-corrected chi connectivity index (χ0v) is 13.4. The minimum absolute atomic E-state index is 0.789. The molecule has 0 N–H and O–H groups in total. The van der Waals surface area contributed by atoms with E-state index in [-0.39, 0.29) is 0 Å². The lowest BCUT2D eigenvalue weighted by Crippen LogP contribution is -2.43. The first-order valence-electron chi connectivity index (χ1n) is 8.31. The number of hydrogen-bond donors (Lipinski definition) is 0. The zero-order chi connectivity index (χ0) is 13.5. The molecule has 1 saturated carbocycles. The van der Waals surface area contributed by atoms with Crippen molar-refractivity contribution in [2.24, 2.45) is 0 Å². The fourth-order valence-corrected chi connectivity index (χ4v) is 4.07. The molecule has 1 heterocycles. The molecular weight excluding hydrogens is 256 g/mol. The Morgan fingerprint density at radius 3 is 2.42 bits per heavy atom. The topological polar surface area (TPSA) is 6.48 Å². The number of likely N-dealkylation sites (tertiary alicyclic amines) is 1. The first-order chi connectivity index (χ1) is 9.31. The number of halogens is 1. The summed E-state index contributed by atoms with van der Waals surface area (Å²) in [7, 11) is 2.30. The summed E-state index contributed by atoms with van der Waals surface area (Å²) in [5.74, 6) is 0.789. The average Bonchev–Trinajstić information content (AvgIpc) is 2.46. The van der Waals surface area contributed by atoms with Gasteiger partial charge >= 0.3 is 0 Å². The Morgan fingerprint density at radius 1 is 1.00 bits per heavy atom. The lowest BCUT2D eigenvalue weighted by Gasteiger charge is -2.37. The van der Waals surface area contributed by atoms with Crippen LogP contribution in [-0.4, -0.2) is 54.4 Å². The molecule has 3 heteroatoms. The molecule has 1 aliphatic carbocycles. The third kappa shape index (κ3) is 4.91. The van der Waals surface area contributed by atoms with E-state index in [0.29, 0.717) is 0 Å². The highest BCUT2D eigenvalue weighted by molar-refractivity contribution is 6.18. The molecule has 0 bridgehead atoms. The van der Waals surface area contributed by atoms with Gasteiger partial charge in [0.2, 0.25) is 0 Å². The van der Waals surface area contributed by atoms with Crippen molar-refractivity contribution in [3.8, 4) is 0 Å². The van der Waals surface area contributed by atoms with Gasteiger partial charge < -0.3 is 4.90 Å². The minimum Gasteiger partial charge on any atom is -0.303 e. The van der Waals surface area contributed by atoms with Gasteiger partial charge in [0.15, 0.2) is 0 Å². The first-order valence-corrected chi connectivity index (χ1v) is 8.85. The third-order valence-corrected chi connectivity index (χ3v) is 5.30. The van der Waals surface area contributed by atoms with Gasteiger partial charge in [0.05, 0.1) is 0 Å². The van der Waals surface area contributed by atoms with Crippen LogP contribution in [0.1, 0.15) is 57.8 Å². The van der Waals surface area contributed by atoms with Gasteiger partial charge in [-0.25, -0.2) is 0 Å². The fourth-order valence-electron chi connectivity index (χ4n) is 3.86. The predicted molar refractivity (Wildman–Crippen MR) is 84.1 cm³/mol. The van der Waals surface area contributed by atoms with E-state index >= 15 is 0 Å². The van der Waals surface area contributed by atoms with E-state index in [9.17, 15) is 0 Å². The van der Waals surface area contributed by atoms with Crippen LogP contribution in [0.3, 0.4) is 0 Å². The van der Waals surface area contributed by atoms with Crippen LogP contribution in [-0.2, 0) is 0 Å². The molecular formula is C16H31ClN2. The van der Waals surface area contributed by atoms with Crippen LogP contribution >= 0.6 is 11.6 Å². The van der Waals surface area contributed by atoms with E-state index in [1.54, 1.807) is 0 Å². The first kappa shape index (κ1) is 15.6. The van der Waals surface area contributed by atoms with E-state index in [1.807, 2.05) is 0 Å². The molecule has 0 aromatic carbocycles. The van der Waals surface area contributed by atoms with Gasteiger partial charge in [-0.3, -0.25) is 4.90 Å². The molecule has 0 radical (unpaired) electrons. The van der Waals surface area contributed by atoms with Crippen LogP contribution in [0.2, 0.25) is 0 Å². The van der Waals surface area contributed by atoms with Gasteiger partial charge in [-0.2, -0.15) is 0 Å². The fraction of sp³-hybridized carbons (Fsp3) is 1.00. The molecule has 2 fully saturated rings. The molecule has 1 unspecified atom stereocenters. The van der Waals surface area contributed by atoms with Crippen molar-refractivity contribution in [3.63, 3.8) is 0 Å². The number of nitrogens with zero attached hydrogens (tertiary/aromatic N) is 2. The van der Waals surface area contributed by atoms with Crippen LogP contribution < -0.4 is 0 Å². The van der Waals surface area contributed by atoms with E-state index in [1.165, 1.54) is 70.9 Å². The average molecular weight is 287 g/mol. The summed E-state index contributed by atoms with van der Waals surface area (Å²) in [5, 5.41) is 0. The molecule has 0 spiro atoms. The normalized spacial score (nSPS) is 27.0. The van der Waals surface area contributed by atoms with Gasteiger partial charge in [-0.05, 0) is 52.2 Å². The van der Waals surface area contributed by atoms with Gasteiger partial charge in [0.1, 0.15) is 0 Å². The van der Waals surface area contributed by atoms with Crippen molar-refractivity contribution in [3.05, 3.63) is 0 Å². The van der Waals surface area contributed by atoms with Crippen molar-refractivity contribution in [2.75, 3.05) is 32.6 Å². The van der Waals surface area contributed by atoms with Crippen molar-refractivity contribution >= 4 is 11.6 Å². The van der Waals surface area contributed by atoms with Gasteiger partial charge in [0.25, 0.3) is 0 Å². The Bertz CT molecular complexity index is 241. The van der Waals surface area contributed by atoms with Crippen LogP contribution in [0.15, 0.2) is 0 Å². The molecule has 2 aliphatic rings. The van der Waals surface area contributed by atoms with Crippen molar-refractivity contribution in [2.45, 2.75) is 69.9 Å². The Morgan fingerprint density at radius 2 is 1.74 bits per heavy atom. The highest BCUT2D eigenvalue weighted by atomic mass is 35.5. The Hall–Kier alpha value is 0.210. The second kappa shape index (κ2) is 8.49. The summed E-state index contributed by atoms with van der Waals surface area (Å²) >= 11 is 6.01. The van der Waals surface area contributed by atoms with Crippen molar-refractivity contribution < 1.29 is 0 Å². The summed E-state index contributed by atoms with van der Waals surface area (Å²) in [6, 6.07) is 1.64. The van der Waals surface area contributed by atoms with E-state index in [0.717, 1.165) is 24.5 Å². The maximum Gasteiger partial charge on any atom is 0.0351 e. The van der Waals surface area contributed by atoms with Crippen LogP contribution in [0.4, 0.5) is 0 Å². The van der Waals surface area contributed by atoms with E-state index in [4.69, 9.17) is 11.6 Å². The molecule has 112 valence electrons. The molecule has 1 atom stereocenters. The second-order valence-corrected chi connectivity index (χ2v) is 6.81. The van der Waals surface area contributed by atoms with E-state index < -0.39 is 0 Å². The SMILES string of the molecule is CN1CCCCC1CCN(CCCl)C1CCCCC1. The highest BCUT2D eigenvalue weighted by Gasteiger charge is 2.23. The van der Waals surface area contributed by atoms with Crippen LogP contribution in [0, 0.1) is 0 Å². The molecule has 0 aromatic rings. The number of rotatable bonds is 6. The zero-order valence-electron chi connectivity index (χ0n) is 12.6. The van der Waals surface area contributed by atoms with Gasteiger partial charge in [-0.15, -0.1) is 11.6 Å². The van der Waals surface area contributed by atoms with E-state index in [2.05, 4.69) is 16.8 Å². The number of hydrogen-bond acceptors (Lipinski definition) is 2. The molecule has 19 heavy (non-hydrogen) atoms. The van der Waals surface area contributed by atoms with Crippen LogP contribution in [0.5, 0.6) is 0 Å². The minimum atomic E-state index is 0.789. The molecule has 1 aliphatic heterocycles.